The van der Waals surface area contributed by atoms with Gasteiger partial charge < -0.3 is 10.1 Å². The molecule has 1 amide bonds. The molecule has 2 unspecified atom stereocenters. The summed E-state index contributed by atoms with van der Waals surface area (Å²) < 4.78 is 7.91. The van der Waals surface area contributed by atoms with Crippen LogP contribution in [0.15, 0.2) is 12.4 Å². The van der Waals surface area contributed by atoms with Crippen molar-refractivity contribution >= 4 is 28.5 Å². The Balaban J connectivity index is 1.95. The van der Waals surface area contributed by atoms with Crippen molar-refractivity contribution in [3.8, 4) is 11.8 Å². The smallest absolute Gasteiger partial charge is 0.220 e. The predicted molar refractivity (Wildman–Crippen MR) is 116 cm³/mol. The van der Waals surface area contributed by atoms with E-state index in [-0.39, 0.29) is 17.9 Å². The minimum atomic E-state index is -0.277. The standard InChI is InChI=1S/C22H23ClN6O2/c1-5-31-21-15(7-17(23)16(8-24)20(21)14-6-18(30)25-9-14)13(4)29-22-19(12(3)28-29)11(2)26-10-27-22/h7,10,13-14H,5-6,9H2,1-4H3,(H,25,30). The second-order valence-corrected chi connectivity index (χ2v) is 8.09. The first kappa shape index (κ1) is 21.1. The zero-order chi connectivity index (χ0) is 22.3. The average molecular weight is 439 g/mol. The third-order valence-electron chi connectivity index (χ3n) is 5.75. The largest absolute Gasteiger partial charge is 0.493 e. The van der Waals surface area contributed by atoms with Crippen molar-refractivity contribution in [1.82, 2.24) is 25.1 Å². The van der Waals surface area contributed by atoms with Gasteiger partial charge in [-0.2, -0.15) is 10.4 Å². The van der Waals surface area contributed by atoms with Crippen LogP contribution in [-0.2, 0) is 4.79 Å². The lowest BCUT2D eigenvalue weighted by Gasteiger charge is -2.24. The summed E-state index contributed by atoms with van der Waals surface area (Å²) in [6.45, 7) is 8.59. The molecule has 1 fully saturated rings. The molecule has 1 aromatic carbocycles. The van der Waals surface area contributed by atoms with E-state index in [2.05, 4.69) is 21.4 Å². The van der Waals surface area contributed by atoms with Gasteiger partial charge >= 0.3 is 0 Å². The average Bonchev–Trinajstić information content (AvgIpc) is 3.32. The Morgan fingerprint density at radius 1 is 1.39 bits per heavy atom. The number of rotatable bonds is 5. The molecule has 0 bridgehead atoms. The molecule has 0 radical (unpaired) electrons. The molecular weight excluding hydrogens is 416 g/mol. The number of carbonyl (C=O) groups excluding carboxylic acids is 1. The molecular formula is C22H23ClN6O2. The van der Waals surface area contributed by atoms with Gasteiger partial charge in [0.15, 0.2) is 5.65 Å². The second kappa shape index (κ2) is 8.16. The minimum absolute atomic E-state index is 0.0493. The molecule has 4 rings (SSSR count). The van der Waals surface area contributed by atoms with E-state index in [4.69, 9.17) is 21.4 Å². The van der Waals surface area contributed by atoms with E-state index in [1.807, 2.05) is 32.4 Å². The molecule has 8 nitrogen and oxygen atoms in total. The van der Waals surface area contributed by atoms with Crippen LogP contribution in [0, 0.1) is 25.2 Å². The number of nitrogens with zero attached hydrogens (tertiary/aromatic N) is 5. The summed E-state index contributed by atoms with van der Waals surface area (Å²) in [5, 5.41) is 18.6. The maximum absolute atomic E-state index is 11.9. The van der Waals surface area contributed by atoms with Crippen LogP contribution in [0.2, 0.25) is 5.02 Å². The summed E-state index contributed by atoms with van der Waals surface area (Å²) in [7, 11) is 0. The zero-order valence-electron chi connectivity index (χ0n) is 17.9. The Morgan fingerprint density at radius 2 is 2.16 bits per heavy atom. The zero-order valence-corrected chi connectivity index (χ0v) is 18.6. The lowest BCUT2D eigenvalue weighted by atomic mass is 9.89. The number of hydrogen-bond donors (Lipinski definition) is 1. The summed E-state index contributed by atoms with van der Waals surface area (Å²) >= 11 is 6.56. The van der Waals surface area contributed by atoms with Crippen LogP contribution in [0.5, 0.6) is 5.75 Å². The Bertz CT molecular complexity index is 1230. The molecule has 0 aliphatic carbocycles. The summed E-state index contributed by atoms with van der Waals surface area (Å²) in [6, 6.07) is 3.69. The van der Waals surface area contributed by atoms with Crippen LogP contribution in [0.25, 0.3) is 11.0 Å². The minimum Gasteiger partial charge on any atom is -0.493 e. The summed E-state index contributed by atoms with van der Waals surface area (Å²) in [5.41, 5.74) is 4.24. The van der Waals surface area contributed by atoms with Crippen LogP contribution in [0.1, 0.15) is 60.3 Å². The van der Waals surface area contributed by atoms with E-state index in [1.165, 1.54) is 6.33 Å². The highest BCUT2D eigenvalue weighted by molar-refractivity contribution is 6.32. The molecule has 1 saturated heterocycles. The van der Waals surface area contributed by atoms with Gasteiger partial charge in [0, 0.05) is 30.0 Å². The van der Waals surface area contributed by atoms with Gasteiger partial charge in [0.2, 0.25) is 5.91 Å². The van der Waals surface area contributed by atoms with Crippen LogP contribution < -0.4 is 10.1 Å². The Labute approximate surface area is 185 Å². The molecule has 1 N–H and O–H groups in total. The monoisotopic (exact) mass is 438 g/mol. The van der Waals surface area contributed by atoms with E-state index >= 15 is 0 Å². The molecule has 1 aliphatic heterocycles. The fourth-order valence-electron chi connectivity index (χ4n) is 4.32. The molecule has 0 saturated carbocycles. The van der Waals surface area contributed by atoms with E-state index in [1.54, 1.807) is 6.07 Å². The highest BCUT2D eigenvalue weighted by Gasteiger charge is 2.33. The number of amides is 1. The molecule has 31 heavy (non-hydrogen) atoms. The number of benzene rings is 1. The van der Waals surface area contributed by atoms with Crippen molar-refractivity contribution in [3.05, 3.63) is 45.5 Å². The van der Waals surface area contributed by atoms with Crippen molar-refractivity contribution < 1.29 is 9.53 Å². The Kier molecular flexibility index (Phi) is 5.54. The third-order valence-corrected chi connectivity index (χ3v) is 6.05. The molecule has 0 spiro atoms. The Hall–Kier alpha value is -3.18. The van der Waals surface area contributed by atoms with Gasteiger partial charge in [-0.1, -0.05) is 11.6 Å². The summed E-state index contributed by atoms with van der Waals surface area (Å²) in [5.74, 6) is 0.352. The molecule has 9 heteroatoms. The van der Waals surface area contributed by atoms with E-state index < -0.39 is 0 Å². The molecule has 2 atom stereocenters. The van der Waals surface area contributed by atoms with Gasteiger partial charge in [-0.25, -0.2) is 14.6 Å². The lowest BCUT2D eigenvalue weighted by molar-refractivity contribution is -0.119. The topological polar surface area (TPSA) is 106 Å². The number of nitrogens with one attached hydrogen (secondary N) is 1. The first-order valence-corrected chi connectivity index (χ1v) is 10.6. The van der Waals surface area contributed by atoms with Gasteiger partial charge in [-0.05, 0) is 33.8 Å². The van der Waals surface area contributed by atoms with Gasteiger partial charge in [-0.3, -0.25) is 4.79 Å². The van der Waals surface area contributed by atoms with Crippen molar-refractivity contribution in [1.29, 1.82) is 5.26 Å². The fraction of sp³-hybridized carbons (Fsp3) is 0.409. The number of ether oxygens (including phenoxy) is 1. The highest BCUT2D eigenvalue weighted by atomic mass is 35.5. The third kappa shape index (κ3) is 3.49. The van der Waals surface area contributed by atoms with Gasteiger partial charge in [0.05, 0.1) is 40.0 Å². The number of carbonyl (C=O) groups is 1. The molecule has 1 aliphatic rings. The van der Waals surface area contributed by atoms with Gasteiger partial charge in [-0.15, -0.1) is 0 Å². The lowest BCUT2D eigenvalue weighted by Crippen LogP contribution is -2.16. The van der Waals surface area contributed by atoms with Crippen molar-refractivity contribution in [2.75, 3.05) is 13.2 Å². The van der Waals surface area contributed by atoms with Crippen molar-refractivity contribution in [3.63, 3.8) is 0 Å². The van der Waals surface area contributed by atoms with E-state index in [0.29, 0.717) is 41.5 Å². The highest BCUT2D eigenvalue weighted by Crippen LogP contribution is 2.43. The van der Waals surface area contributed by atoms with Gasteiger partial charge in [0.1, 0.15) is 18.1 Å². The number of nitriles is 1. The van der Waals surface area contributed by atoms with Crippen molar-refractivity contribution in [2.24, 2.45) is 0 Å². The predicted octanol–water partition coefficient (Wildman–Crippen LogP) is 3.58. The molecule has 2 aromatic heterocycles. The van der Waals surface area contributed by atoms with Crippen LogP contribution >= 0.6 is 11.6 Å². The van der Waals surface area contributed by atoms with Gasteiger partial charge in [0.25, 0.3) is 0 Å². The number of fused-ring (bicyclic) bond motifs is 1. The maximum Gasteiger partial charge on any atom is 0.220 e. The van der Waals surface area contributed by atoms with E-state index in [0.717, 1.165) is 28.0 Å². The van der Waals surface area contributed by atoms with Crippen LogP contribution in [-0.4, -0.2) is 38.8 Å². The first-order valence-electron chi connectivity index (χ1n) is 10.2. The molecule has 160 valence electrons. The summed E-state index contributed by atoms with van der Waals surface area (Å²) in [6.07, 6.45) is 1.82. The fourth-order valence-corrected chi connectivity index (χ4v) is 4.58. The second-order valence-electron chi connectivity index (χ2n) is 7.68. The Morgan fingerprint density at radius 3 is 2.81 bits per heavy atom. The summed E-state index contributed by atoms with van der Waals surface area (Å²) in [4.78, 5) is 20.7. The first-order chi connectivity index (χ1) is 14.9. The van der Waals surface area contributed by atoms with Crippen LogP contribution in [0.4, 0.5) is 0 Å². The quantitative estimate of drug-likeness (QED) is 0.652. The maximum atomic E-state index is 11.9. The number of aryl methyl sites for hydroxylation is 2. The molecule has 3 aromatic rings. The number of aromatic nitrogens is 4. The number of hydrogen-bond acceptors (Lipinski definition) is 6. The molecule has 3 heterocycles. The SMILES string of the molecule is CCOc1c(C(C)n2nc(C)c3c(C)ncnc32)cc(Cl)c(C#N)c1C1CNC(=O)C1. The van der Waals surface area contributed by atoms with E-state index in [9.17, 15) is 10.1 Å². The normalized spacial score (nSPS) is 16.9. The van der Waals surface area contributed by atoms with Crippen molar-refractivity contribution in [2.45, 2.75) is 46.1 Å². The van der Waals surface area contributed by atoms with Crippen LogP contribution in [0.3, 0.4) is 0 Å². The number of halogens is 1.